The first-order valence-corrected chi connectivity index (χ1v) is 6.07. The second-order valence-electron chi connectivity index (χ2n) is 3.64. The molecule has 2 heterocycles. The van der Waals surface area contributed by atoms with Crippen LogP contribution in [0.1, 0.15) is 12.5 Å². The van der Waals surface area contributed by atoms with Crippen LogP contribution in [0, 0.1) is 11.3 Å². The second-order valence-corrected chi connectivity index (χ2v) is 5.19. The zero-order chi connectivity index (χ0) is 10.7. The van der Waals surface area contributed by atoms with Crippen LogP contribution in [0.3, 0.4) is 0 Å². The largest absolute Gasteiger partial charge is 0.355 e. The summed E-state index contributed by atoms with van der Waals surface area (Å²) in [5, 5.41) is 9.46. The third kappa shape index (κ3) is 2.42. The smallest absolute Gasteiger partial charge is 0.129 e. The third-order valence-corrected chi connectivity index (χ3v) is 3.58. The average Bonchev–Trinajstić information content (AvgIpc) is 2.29. The molecule has 0 unspecified atom stereocenters. The molecule has 0 aromatic carbocycles. The van der Waals surface area contributed by atoms with Gasteiger partial charge < -0.3 is 4.90 Å². The molecule has 0 bridgehead atoms. The summed E-state index contributed by atoms with van der Waals surface area (Å²) >= 11 is 1.99. The molecule has 15 heavy (non-hydrogen) atoms. The molecule has 0 aliphatic carbocycles. The lowest BCUT2D eigenvalue weighted by Crippen LogP contribution is -2.37. The Balaban J connectivity index is 2.18. The van der Waals surface area contributed by atoms with Gasteiger partial charge in [-0.1, -0.05) is 6.92 Å². The van der Waals surface area contributed by atoms with Gasteiger partial charge in [0.05, 0.1) is 11.6 Å². The Labute approximate surface area is 94.1 Å². The molecule has 0 N–H and O–H groups in total. The molecule has 78 valence electrons. The number of pyridine rings is 1. The van der Waals surface area contributed by atoms with E-state index in [2.05, 4.69) is 22.9 Å². The number of aromatic nitrogens is 1. The van der Waals surface area contributed by atoms with Gasteiger partial charge in [-0.25, -0.2) is 4.98 Å². The molecule has 1 fully saturated rings. The van der Waals surface area contributed by atoms with Crippen LogP contribution in [0.5, 0.6) is 0 Å². The predicted octanol–water partition coefficient (Wildman–Crippen LogP) is 1.89. The van der Waals surface area contributed by atoms with Gasteiger partial charge in [0.15, 0.2) is 0 Å². The van der Waals surface area contributed by atoms with Gasteiger partial charge >= 0.3 is 0 Å². The van der Waals surface area contributed by atoms with Gasteiger partial charge in [-0.15, -0.1) is 0 Å². The SMILES string of the molecule is C[C@H]1CN(c2cc(C#N)ccn2)CCS1. The summed E-state index contributed by atoms with van der Waals surface area (Å²) in [6, 6.07) is 5.75. The van der Waals surface area contributed by atoms with E-state index in [1.54, 1.807) is 12.3 Å². The van der Waals surface area contributed by atoms with E-state index in [1.807, 2.05) is 17.8 Å². The van der Waals surface area contributed by atoms with Crippen molar-refractivity contribution in [3.63, 3.8) is 0 Å². The van der Waals surface area contributed by atoms with Crippen LogP contribution < -0.4 is 4.90 Å². The van der Waals surface area contributed by atoms with Crippen molar-refractivity contribution in [3.8, 4) is 6.07 Å². The highest BCUT2D eigenvalue weighted by Gasteiger charge is 2.17. The first kappa shape index (κ1) is 10.3. The van der Waals surface area contributed by atoms with Gasteiger partial charge in [0.25, 0.3) is 0 Å². The fourth-order valence-electron chi connectivity index (χ4n) is 1.69. The molecule has 0 spiro atoms. The highest BCUT2D eigenvalue weighted by molar-refractivity contribution is 8.00. The Hall–Kier alpha value is -1.21. The van der Waals surface area contributed by atoms with Crippen LogP contribution in [0.15, 0.2) is 18.3 Å². The molecule has 0 saturated carbocycles. The van der Waals surface area contributed by atoms with Crippen molar-refractivity contribution in [1.82, 2.24) is 4.98 Å². The maximum Gasteiger partial charge on any atom is 0.129 e. The lowest BCUT2D eigenvalue weighted by Gasteiger charge is -2.31. The molecule has 2 rings (SSSR count). The predicted molar refractivity (Wildman–Crippen MR) is 63.1 cm³/mol. The molecule has 1 aromatic rings. The fourth-order valence-corrected chi connectivity index (χ4v) is 2.70. The van der Waals surface area contributed by atoms with Crippen LogP contribution in [0.25, 0.3) is 0 Å². The van der Waals surface area contributed by atoms with Crippen molar-refractivity contribution in [2.24, 2.45) is 0 Å². The Morgan fingerprint density at radius 1 is 1.67 bits per heavy atom. The number of rotatable bonds is 1. The van der Waals surface area contributed by atoms with E-state index in [0.717, 1.165) is 24.7 Å². The Morgan fingerprint density at radius 3 is 3.27 bits per heavy atom. The molecular weight excluding hydrogens is 206 g/mol. The molecular formula is C11H13N3S. The number of nitriles is 1. The molecule has 0 radical (unpaired) electrons. The first-order valence-electron chi connectivity index (χ1n) is 5.02. The van der Waals surface area contributed by atoms with Crippen molar-refractivity contribution in [1.29, 1.82) is 5.26 Å². The van der Waals surface area contributed by atoms with Crippen molar-refractivity contribution >= 4 is 17.6 Å². The van der Waals surface area contributed by atoms with Crippen molar-refractivity contribution < 1.29 is 0 Å². The molecule has 1 aliphatic heterocycles. The quantitative estimate of drug-likeness (QED) is 0.723. The molecule has 3 nitrogen and oxygen atoms in total. The van der Waals surface area contributed by atoms with Gasteiger partial charge in [-0.2, -0.15) is 17.0 Å². The molecule has 1 aromatic heterocycles. The Kier molecular flexibility index (Phi) is 3.12. The average molecular weight is 219 g/mol. The summed E-state index contributed by atoms with van der Waals surface area (Å²) in [5.41, 5.74) is 0.686. The van der Waals surface area contributed by atoms with E-state index < -0.39 is 0 Å². The van der Waals surface area contributed by atoms with Crippen molar-refractivity contribution in [2.45, 2.75) is 12.2 Å². The van der Waals surface area contributed by atoms with Gasteiger partial charge in [-0.3, -0.25) is 0 Å². The molecule has 0 amide bonds. The standard InChI is InChI=1S/C11H13N3S/c1-9-8-14(4-5-15-9)11-6-10(7-12)2-3-13-11/h2-3,6,9H,4-5,8H2,1H3/t9-/m0/s1. The summed E-state index contributed by atoms with van der Waals surface area (Å²) < 4.78 is 0. The first-order chi connectivity index (χ1) is 7.29. The molecule has 4 heteroatoms. The van der Waals surface area contributed by atoms with Crippen LogP contribution in [0.2, 0.25) is 0 Å². The summed E-state index contributed by atoms with van der Waals surface area (Å²) in [6.45, 7) is 4.27. The van der Waals surface area contributed by atoms with E-state index in [9.17, 15) is 0 Å². The lowest BCUT2D eigenvalue weighted by molar-refractivity contribution is 0.770. The van der Waals surface area contributed by atoms with Crippen LogP contribution >= 0.6 is 11.8 Å². The zero-order valence-electron chi connectivity index (χ0n) is 8.68. The highest BCUT2D eigenvalue weighted by Crippen LogP contribution is 2.22. The number of hydrogen-bond donors (Lipinski definition) is 0. The maximum atomic E-state index is 8.81. The normalized spacial score (nSPS) is 21.1. The number of hydrogen-bond acceptors (Lipinski definition) is 4. The summed E-state index contributed by atoms with van der Waals surface area (Å²) in [4.78, 5) is 6.56. The minimum absolute atomic E-state index is 0.645. The van der Waals surface area contributed by atoms with E-state index in [-0.39, 0.29) is 0 Å². The monoisotopic (exact) mass is 219 g/mol. The Bertz CT molecular complexity index is 386. The second kappa shape index (κ2) is 4.54. The van der Waals surface area contributed by atoms with Gasteiger partial charge in [-0.05, 0) is 12.1 Å². The van der Waals surface area contributed by atoms with E-state index in [1.165, 1.54) is 0 Å². The highest BCUT2D eigenvalue weighted by atomic mass is 32.2. The van der Waals surface area contributed by atoms with E-state index in [0.29, 0.717) is 10.8 Å². The van der Waals surface area contributed by atoms with Crippen LogP contribution in [0.4, 0.5) is 5.82 Å². The van der Waals surface area contributed by atoms with E-state index in [4.69, 9.17) is 5.26 Å². The molecule has 1 saturated heterocycles. The van der Waals surface area contributed by atoms with E-state index >= 15 is 0 Å². The molecule has 1 atom stereocenters. The van der Waals surface area contributed by atoms with Crippen LogP contribution in [-0.2, 0) is 0 Å². The van der Waals surface area contributed by atoms with Crippen molar-refractivity contribution in [3.05, 3.63) is 23.9 Å². The summed E-state index contributed by atoms with van der Waals surface area (Å²) in [5.74, 6) is 2.07. The maximum absolute atomic E-state index is 8.81. The summed E-state index contributed by atoms with van der Waals surface area (Å²) in [6.07, 6.45) is 1.71. The topological polar surface area (TPSA) is 39.9 Å². The minimum Gasteiger partial charge on any atom is -0.355 e. The fraction of sp³-hybridized carbons (Fsp3) is 0.455. The lowest BCUT2D eigenvalue weighted by atomic mass is 10.2. The third-order valence-electron chi connectivity index (χ3n) is 2.44. The number of thioether (sulfide) groups is 1. The zero-order valence-corrected chi connectivity index (χ0v) is 9.50. The van der Waals surface area contributed by atoms with Gasteiger partial charge in [0.2, 0.25) is 0 Å². The summed E-state index contributed by atoms with van der Waals surface area (Å²) in [7, 11) is 0. The van der Waals surface area contributed by atoms with Gasteiger partial charge in [0.1, 0.15) is 5.82 Å². The van der Waals surface area contributed by atoms with Crippen LogP contribution in [-0.4, -0.2) is 29.1 Å². The van der Waals surface area contributed by atoms with Crippen molar-refractivity contribution in [2.75, 3.05) is 23.7 Å². The number of anilines is 1. The van der Waals surface area contributed by atoms with Gasteiger partial charge in [0, 0.05) is 30.3 Å². The molecule has 1 aliphatic rings. The number of nitrogens with zero attached hydrogens (tertiary/aromatic N) is 3. The Morgan fingerprint density at radius 2 is 2.53 bits per heavy atom. The minimum atomic E-state index is 0.645.